The maximum absolute atomic E-state index is 12.8. The van der Waals surface area contributed by atoms with Gasteiger partial charge >= 0.3 is 12.1 Å². The summed E-state index contributed by atoms with van der Waals surface area (Å²) in [6.07, 6.45) is 0.322. The van der Waals surface area contributed by atoms with Crippen LogP contribution in [0.2, 0.25) is 0 Å². The lowest BCUT2D eigenvalue weighted by Crippen LogP contribution is -2.57. The van der Waals surface area contributed by atoms with E-state index in [1.54, 1.807) is 29.2 Å². The van der Waals surface area contributed by atoms with Gasteiger partial charge in [0.1, 0.15) is 5.60 Å². The molecule has 172 valence electrons. The van der Waals surface area contributed by atoms with Crippen LogP contribution in [0.1, 0.15) is 65.2 Å². The van der Waals surface area contributed by atoms with Crippen molar-refractivity contribution in [1.82, 2.24) is 15.5 Å². The molecule has 31 heavy (non-hydrogen) atoms. The molecule has 0 aliphatic carbocycles. The van der Waals surface area contributed by atoms with Crippen LogP contribution < -0.4 is 16.0 Å². The highest BCUT2D eigenvalue weighted by molar-refractivity contribution is 5.95. The number of nitrogens with zero attached hydrogens (tertiary/aromatic N) is 1. The van der Waals surface area contributed by atoms with Crippen molar-refractivity contribution in [2.45, 2.75) is 72.6 Å². The molecule has 1 atom stereocenters. The molecule has 0 bridgehead atoms. The molecule has 1 heterocycles. The SMILES string of the molecule is CC(C)NC(=O)Nc1ccc(C(=O)N[C@H]2CCN(C(=O)OC(C)(C)C)CC2(C)C)cc1. The van der Waals surface area contributed by atoms with Gasteiger partial charge in [0, 0.05) is 41.8 Å². The van der Waals surface area contributed by atoms with Gasteiger partial charge in [-0.3, -0.25) is 4.79 Å². The van der Waals surface area contributed by atoms with Crippen LogP contribution in [-0.4, -0.2) is 53.7 Å². The van der Waals surface area contributed by atoms with Gasteiger partial charge in [-0.1, -0.05) is 13.8 Å². The maximum atomic E-state index is 12.8. The number of nitrogens with one attached hydrogen (secondary N) is 3. The molecular weight excluding hydrogens is 396 g/mol. The topological polar surface area (TPSA) is 99.8 Å². The Kier molecular flexibility index (Phi) is 7.57. The average Bonchev–Trinajstić information content (AvgIpc) is 2.61. The van der Waals surface area contributed by atoms with E-state index in [-0.39, 0.29) is 35.5 Å². The van der Waals surface area contributed by atoms with E-state index in [2.05, 4.69) is 16.0 Å². The number of carbonyl (C=O) groups excluding carboxylic acids is 3. The molecule has 1 aliphatic heterocycles. The van der Waals surface area contributed by atoms with Crippen molar-refractivity contribution < 1.29 is 19.1 Å². The molecule has 4 amide bonds. The third-order valence-electron chi connectivity index (χ3n) is 5.01. The molecule has 8 nitrogen and oxygen atoms in total. The number of anilines is 1. The van der Waals surface area contributed by atoms with Crippen molar-refractivity contribution in [2.75, 3.05) is 18.4 Å². The Morgan fingerprint density at radius 1 is 1.13 bits per heavy atom. The van der Waals surface area contributed by atoms with Gasteiger partial charge in [0.2, 0.25) is 0 Å². The molecule has 1 aromatic carbocycles. The Labute approximate surface area is 185 Å². The Morgan fingerprint density at radius 3 is 2.26 bits per heavy atom. The molecule has 0 saturated carbocycles. The zero-order chi connectivity index (χ0) is 23.4. The molecule has 0 unspecified atom stereocenters. The molecular formula is C23H36N4O4. The Hall–Kier alpha value is -2.77. The van der Waals surface area contributed by atoms with Gasteiger partial charge in [-0.25, -0.2) is 9.59 Å². The molecule has 2 rings (SSSR count). The van der Waals surface area contributed by atoms with Crippen LogP contribution in [0.3, 0.4) is 0 Å². The molecule has 0 spiro atoms. The summed E-state index contributed by atoms with van der Waals surface area (Å²) in [5.41, 5.74) is 0.283. The van der Waals surface area contributed by atoms with E-state index in [0.29, 0.717) is 30.8 Å². The number of hydrogen-bond acceptors (Lipinski definition) is 4. The fourth-order valence-electron chi connectivity index (χ4n) is 3.48. The van der Waals surface area contributed by atoms with Crippen LogP contribution in [-0.2, 0) is 4.74 Å². The first-order valence-electron chi connectivity index (χ1n) is 10.7. The van der Waals surface area contributed by atoms with Crippen LogP contribution in [0, 0.1) is 5.41 Å². The molecule has 0 radical (unpaired) electrons. The van der Waals surface area contributed by atoms with E-state index in [4.69, 9.17) is 4.74 Å². The van der Waals surface area contributed by atoms with Crippen molar-refractivity contribution in [1.29, 1.82) is 0 Å². The van der Waals surface area contributed by atoms with E-state index in [9.17, 15) is 14.4 Å². The average molecular weight is 433 g/mol. The lowest BCUT2D eigenvalue weighted by Gasteiger charge is -2.44. The molecule has 1 fully saturated rings. The number of carbonyl (C=O) groups is 3. The second kappa shape index (κ2) is 9.58. The van der Waals surface area contributed by atoms with E-state index in [1.165, 1.54) is 0 Å². The minimum Gasteiger partial charge on any atom is -0.444 e. The van der Waals surface area contributed by atoms with Gasteiger partial charge in [-0.15, -0.1) is 0 Å². The number of likely N-dealkylation sites (tertiary alicyclic amines) is 1. The number of piperidine rings is 1. The van der Waals surface area contributed by atoms with Crippen LogP contribution in [0.15, 0.2) is 24.3 Å². The van der Waals surface area contributed by atoms with Crippen LogP contribution in [0.5, 0.6) is 0 Å². The number of urea groups is 1. The minimum absolute atomic E-state index is 0.0372. The second-order valence-corrected chi connectivity index (χ2v) is 10.0. The standard InChI is InChI=1S/C23H36N4O4/c1-15(2)24-20(29)25-17-10-8-16(9-11-17)19(28)26-18-12-13-27(14-23(18,6)7)21(30)31-22(3,4)5/h8-11,15,18H,12-14H2,1-7H3,(H,26,28)(H2,24,25,29)/t18-/m0/s1. The fourth-order valence-corrected chi connectivity index (χ4v) is 3.48. The van der Waals surface area contributed by atoms with Gasteiger partial charge in [-0.2, -0.15) is 0 Å². The monoisotopic (exact) mass is 432 g/mol. The largest absolute Gasteiger partial charge is 0.444 e. The molecule has 3 N–H and O–H groups in total. The van der Waals surface area contributed by atoms with Crippen LogP contribution >= 0.6 is 0 Å². The number of rotatable bonds is 4. The summed E-state index contributed by atoms with van der Waals surface area (Å²) in [6, 6.07) is 6.44. The lowest BCUT2D eigenvalue weighted by molar-refractivity contribution is 0.00270. The molecule has 1 aromatic rings. The third kappa shape index (κ3) is 7.45. The summed E-state index contributed by atoms with van der Waals surface area (Å²) in [5.74, 6) is -0.179. The summed E-state index contributed by atoms with van der Waals surface area (Å²) >= 11 is 0. The highest BCUT2D eigenvalue weighted by Crippen LogP contribution is 2.30. The summed E-state index contributed by atoms with van der Waals surface area (Å²) in [4.78, 5) is 38.7. The lowest BCUT2D eigenvalue weighted by atomic mass is 9.79. The van der Waals surface area contributed by atoms with Crippen molar-refractivity contribution >= 4 is 23.7 Å². The Balaban J connectivity index is 1.95. The summed E-state index contributed by atoms with van der Waals surface area (Å²) in [6.45, 7) is 14.4. The first-order chi connectivity index (χ1) is 14.3. The predicted octanol–water partition coefficient (Wildman–Crippen LogP) is 3.98. The highest BCUT2D eigenvalue weighted by Gasteiger charge is 2.39. The quantitative estimate of drug-likeness (QED) is 0.670. The zero-order valence-corrected chi connectivity index (χ0v) is 19.7. The first kappa shape index (κ1) is 24.5. The van der Waals surface area contributed by atoms with Crippen molar-refractivity contribution in [3.63, 3.8) is 0 Å². The van der Waals surface area contributed by atoms with Crippen LogP contribution in [0.4, 0.5) is 15.3 Å². The fraction of sp³-hybridized carbons (Fsp3) is 0.609. The zero-order valence-electron chi connectivity index (χ0n) is 19.7. The maximum Gasteiger partial charge on any atom is 0.410 e. The highest BCUT2D eigenvalue weighted by atomic mass is 16.6. The van der Waals surface area contributed by atoms with Crippen molar-refractivity contribution in [3.8, 4) is 0 Å². The Morgan fingerprint density at radius 2 is 1.74 bits per heavy atom. The third-order valence-corrected chi connectivity index (χ3v) is 5.01. The van der Waals surface area contributed by atoms with Gasteiger partial charge in [-0.05, 0) is 65.3 Å². The number of amides is 4. The van der Waals surface area contributed by atoms with E-state index < -0.39 is 5.60 Å². The summed E-state index contributed by atoms with van der Waals surface area (Å²) < 4.78 is 5.48. The van der Waals surface area contributed by atoms with Crippen LogP contribution in [0.25, 0.3) is 0 Å². The van der Waals surface area contributed by atoms with Gasteiger partial charge in [0.15, 0.2) is 0 Å². The van der Waals surface area contributed by atoms with Gasteiger partial charge in [0.25, 0.3) is 5.91 Å². The van der Waals surface area contributed by atoms with E-state index >= 15 is 0 Å². The van der Waals surface area contributed by atoms with E-state index in [0.717, 1.165) is 0 Å². The van der Waals surface area contributed by atoms with Crippen molar-refractivity contribution in [2.24, 2.45) is 5.41 Å². The molecule has 8 heteroatoms. The molecule has 1 saturated heterocycles. The molecule has 1 aliphatic rings. The second-order valence-electron chi connectivity index (χ2n) is 10.0. The normalized spacial score (nSPS) is 18.3. The first-order valence-corrected chi connectivity index (χ1v) is 10.7. The minimum atomic E-state index is -0.539. The van der Waals surface area contributed by atoms with Gasteiger partial charge in [0.05, 0.1) is 0 Å². The van der Waals surface area contributed by atoms with E-state index in [1.807, 2.05) is 48.5 Å². The smallest absolute Gasteiger partial charge is 0.410 e. The number of benzene rings is 1. The molecule has 0 aromatic heterocycles. The van der Waals surface area contributed by atoms with Crippen molar-refractivity contribution in [3.05, 3.63) is 29.8 Å². The number of ether oxygens (including phenoxy) is 1. The number of hydrogen-bond donors (Lipinski definition) is 3. The van der Waals surface area contributed by atoms with Gasteiger partial charge < -0.3 is 25.6 Å². The summed E-state index contributed by atoms with van der Waals surface area (Å²) in [5, 5.41) is 8.59. The Bertz CT molecular complexity index is 797. The predicted molar refractivity (Wildman–Crippen MR) is 121 cm³/mol. The summed E-state index contributed by atoms with van der Waals surface area (Å²) in [7, 11) is 0.